The summed E-state index contributed by atoms with van der Waals surface area (Å²) in [5.41, 5.74) is 1.14. The van der Waals surface area contributed by atoms with Crippen LogP contribution in [0.25, 0.3) is 0 Å². The molecule has 24 heavy (non-hydrogen) atoms. The molecule has 0 radical (unpaired) electrons. The fraction of sp³-hybridized carbons (Fsp3) is 0.438. The molecule has 0 atom stereocenters. The van der Waals surface area contributed by atoms with Crippen LogP contribution in [0.4, 0.5) is 0 Å². The highest BCUT2D eigenvalue weighted by atomic mass is 16.7. The average Bonchev–Trinajstić information content (AvgIpc) is 2.51. The van der Waals surface area contributed by atoms with Gasteiger partial charge in [-0.05, 0) is 37.8 Å². The van der Waals surface area contributed by atoms with Crippen LogP contribution >= 0.6 is 0 Å². The number of unbranched alkanes of at least 4 members (excludes halogenated alkanes) is 2. The van der Waals surface area contributed by atoms with Crippen LogP contribution in [-0.4, -0.2) is 22.0 Å². The van der Waals surface area contributed by atoms with E-state index >= 15 is 0 Å². The van der Waals surface area contributed by atoms with Gasteiger partial charge < -0.3 is 4.74 Å². The van der Waals surface area contributed by atoms with Gasteiger partial charge in [0.25, 0.3) is 0 Å². The number of rotatable bonds is 10. The number of carbonyl (C=O) groups is 1. The summed E-state index contributed by atoms with van der Waals surface area (Å²) in [5, 5.41) is 21.1. The molecule has 0 aromatic heterocycles. The fourth-order valence-corrected chi connectivity index (χ4v) is 2.10. The van der Waals surface area contributed by atoms with E-state index in [9.17, 15) is 25.0 Å². The minimum absolute atomic E-state index is 0.0910. The molecule has 8 nitrogen and oxygen atoms in total. The van der Waals surface area contributed by atoms with Crippen molar-refractivity contribution in [2.24, 2.45) is 0 Å². The highest BCUT2D eigenvalue weighted by Gasteiger charge is 2.30. The topological polar surface area (TPSA) is 113 Å². The second-order valence-corrected chi connectivity index (χ2v) is 5.43. The van der Waals surface area contributed by atoms with Crippen molar-refractivity contribution < 1.29 is 19.4 Å². The second kappa shape index (κ2) is 9.39. The molecule has 0 N–H and O–H groups in total. The average molecular weight is 336 g/mol. The lowest BCUT2D eigenvalue weighted by Crippen LogP contribution is -2.28. The molecule has 8 heteroatoms. The third kappa shape index (κ3) is 6.15. The summed E-state index contributed by atoms with van der Waals surface area (Å²) in [6, 6.07) is 7.09. The number of carbonyl (C=O) groups excluding carboxylic acids is 1. The van der Waals surface area contributed by atoms with E-state index < -0.39 is 22.0 Å². The van der Waals surface area contributed by atoms with E-state index in [1.165, 1.54) is 0 Å². The molecular formula is C16H20N2O6. The first-order valence-corrected chi connectivity index (χ1v) is 7.55. The Morgan fingerprint density at radius 3 is 2.38 bits per heavy atom. The van der Waals surface area contributed by atoms with E-state index in [1.54, 1.807) is 19.1 Å². The first kappa shape index (κ1) is 19.3. The van der Waals surface area contributed by atoms with Crippen LogP contribution in [-0.2, 0) is 11.2 Å². The third-order valence-electron chi connectivity index (χ3n) is 3.42. The van der Waals surface area contributed by atoms with Crippen LogP contribution in [0.15, 0.2) is 36.4 Å². The van der Waals surface area contributed by atoms with Gasteiger partial charge in [0.2, 0.25) is 0 Å². The van der Waals surface area contributed by atoms with E-state index in [0.717, 1.165) is 5.56 Å². The lowest BCUT2D eigenvalue weighted by molar-refractivity contribution is -0.743. The van der Waals surface area contributed by atoms with Gasteiger partial charge in [-0.15, -0.1) is 0 Å². The first-order valence-electron chi connectivity index (χ1n) is 7.55. The quantitative estimate of drug-likeness (QED) is 0.123. The Morgan fingerprint density at radius 1 is 1.17 bits per heavy atom. The molecule has 130 valence electrons. The molecule has 0 amide bonds. The summed E-state index contributed by atoms with van der Waals surface area (Å²) in [5.74, 6) is -0.0405. The normalized spacial score (nSPS) is 10.4. The van der Waals surface area contributed by atoms with Crippen molar-refractivity contribution in [2.75, 3.05) is 0 Å². The Labute approximate surface area is 139 Å². The van der Waals surface area contributed by atoms with Gasteiger partial charge in [0, 0.05) is 5.57 Å². The summed E-state index contributed by atoms with van der Waals surface area (Å²) >= 11 is 0. The maximum atomic E-state index is 11.6. The standard InChI is InChI=1S/C16H20N2O6/c1-12(2)16(19)24-14-10-7-6-9-13(14)8-4-3-5-11-15(17(20)21)18(22)23/h6-7,9-10,15H,1,3-5,8,11H2,2H3. The zero-order valence-electron chi connectivity index (χ0n) is 13.5. The van der Waals surface area contributed by atoms with Crippen LogP contribution in [0.5, 0.6) is 5.75 Å². The zero-order chi connectivity index (χ0) is 18.1. The van der Waals surface area contributed by atoms with Gasteiger partial charge in [-0.1, -0.05) is 31.2 Å². The molecule has 0 aliphatic heterocycles. The molecular weight excluding hydrogens is 316 g/mol. The number of hydrogen-bond acceptors (Lipinski definition) is 6. The van der Waals surface area contributed by atoms with Crippen LogP contribution in [0.1, 0.15) is 38.2 Å². The van der Waals surface area contributed by atoms with E-state index in [-0.39, 0.29) is 6.42 Å². The van der Waals surface area contributed by atoms with Gasteiger partial charge in [-0.2, -0.15) is 0 Å². The molecule has 0 fully saturated rings. The highest BCUT2D eigenvalue weighted by molar-refractivity contribution is 5.88. The monoisotopic (exact) mass is 336 g/mol. The van der Waals surface area contributed by atoms with Crippen molar-refractivity contribution >= 4 is 5.97 Å². The second-order valence-electron chi connectivity index (χ2n) is 5.43. The van der Waals surface area contributed by atoms with E-state index in [1.807, 2.05) is 12.1 Å². The molecule has 1 rings (SSSR count). The summed E-state index contributed by atoms with van der Waals surface area (Å²) in [7, 11) is 0. The van der Waals surface area contributed by atoms with Crippen LogP contribution in [0.3, 0.4) is 0 Å². The number of benzene rings is 1. The summed E-state index contributed by atoms with van der Waals surface area (Å²) in [6.07, 6.45) is 0.465. The van der Waals surface area contributed by atoms with E-state index in [2.05, 4.69) is 6.58 Å². The number of nitrogens with zero attached hydrogens (tertiary/aromatic N) is 2. The maximum absolute atomic E-state index is 11.6. The molecule has 1 aromatic carbocycles. The van der Waals surface area contributed by atoms with Gasteiger partial charge in [0.15, 0.2) is 0 Å². The van der Waals surface area contributed by atoms with Crippen molar-refractivity contribution in [1.29, 1.82) is 0 Å². The highest BCUT2D eigenvalue weighted by Crippen LogP contribution is 2.21. The van der Waals surface area contributed by atoms with Gasteiger partial charge in [-0.3, -0.25) is 20.2 Å². The molecule has 1 aromatic rings. The van der Waals surface area contributed by atoms with Crippen molar-refractivity contribution in [3.63, 3.8) is 0 Å². The number of nitro groups is 2. The SMILES string of the molecule is C=C(C)C(=O)Oc1ccccc1CCCCCC([N+](=O)[O-])[N+](=O)[O-]. The predicted octanol–water partition coefficient (Wildman–Crippen LogP) is 3.15. The van der Waals surface area contributed by atoms with Gasteiger partial charge in [0.05, 0.1) is 16.3 Å². The molecule has 0 spiro atoms. The van der Waals surface area contributed by atoms with Crippen molar-refractivity contribution in [1.82, 2.24) is 0 Å². The zero-order valence-corrected chi connectivity index (χ0v) is 13.5. The number of ether oxygens (including phenoxy) is 1. The molecule has 0 bridgehead atoms. The predicted molar refractivity (Wildman–Crippen MR) is 86.8 cm³/mol. The Bertz CT molecular complexity index is 615. The van der Waals surface area contributed by atoms with Crippen molar-refractivity contribution in [3.05, 3.63) is 62.2 Å². The molecule has 0 saturated carbocycles. The first-order chi connectivity index (χ1) is 11.3. The Kier molecular flexibility index (Phi) is 7.54. The van der Waals surface area contributed by atoms with Crippen LogP contribution < -0.4 is 4.74 Å². The maximum Gasteiger partial charge on any atom is 0.450 e. The fourth-order valence-electron chi connectivity index (χ4n) is 2.10. The Balaban J connectivity index is 2.48. The minimum atomic E-state index is -1.74. The van der Waals surface area contributed by atoms with Crippen LogP contribution in [0.2, 0.25) is 0 Å². The lowest BCUT2D eigenvalue weighted by Gasteiger charge is -2.10. The number of aryl methyl sites for hydroxylation is 1. The number of esters is 1. The molecule has 0 heterocycles. The lowest BCUT2D eigenvalue weighted by atomic mass is 10.0. The summed E-state index contributed by atoms with van der Waals surface area (Å²) < 4.78 is 5.25. The Morgan fingerprint density at radius 2 is 1.79 bits per heavy atom. The third-order valence-corrected chi connectivity index (χ3v) is 3.42. The smallest absolute Gasteiger partial charge is 0.423 e. The van der Waals surface area contributed by atoms with E-state index in [0.29, 0.717) is 37.0 Å². The van der Waals surface area contributed by atoms with Crippen molar-refractivity contribution in [2.45, 2.75) is 45.2 Å². The van der Waals surface area contributed by atoms with Crippen LogP contribution in [0, 0.1) is 20.2 Å². The molecule has 0 aliphatic rings. The van der Waals surface area contributed by atoms with Gasteiger partial charge in [0.1, 0.15) is 5.75 Å². The largest absolute Gasteiger partial charge is 0.450 e. The van der Waals surface area contributed by atoms with Gasteiger partial charge in [-0.25, -0.2) is 4.79 Å². The van der Waals surface area contributed by atoms with E-state index in [4.69, 9.17) is 4.74 Å². The molecule has 0 unspecified atom stereocenters. The summed E-state index contributed by atoms with van der Waals surface area (Å²) in [6.45, 7) is 5.09. The van der Waals surface area contributed by atoms with Crippen molar-refractivity contribution in [3.8, 4) is 5.75 Å². The molecule has 0 saturated heterocycles. The number of para-hydroxylation sites is 1. The van der Waals surface area contributed by atoms with Gasteiger partial charge >= 0.3 is 12.1 Å². The minimum Gasteiger partial charge on any atom is -0.423 e. The number of hydrogen-bond donors (Lipinski definition) is 0. The Hall–Kier alpha value is -2.77. The summed E-state index contributed by atoms with van der Waals surface area (Å²) in [4.78, 5) is 30.9. The molecule has 0 aliphatic carbocycles.